The summed E-state index contributed by atoms with van der Waals surface area (Å²) in [4.78, 5) is 16.2. The van der Waals surface area contributed by atoms with E-state index >= 15 is 0 Å². The second-order valence-corrected chi connectivity index (χ2v) is 5.16. The molecule has 1 N–H and O–H groups in total. The summed E-state index contributed by atoms with van der Waals surface area (Å²) in [5.74, 6) is -1.15. The van der Waals surface area contributed by atoms with Gasteiger partial charge >= 0.3 is 0 Å². The van der Waals surface area contributed by atoms with E-state index in [2.05, 4.69) is 15.4 Å². The number of pyridine rings is 1. The van der Waals surface area contributed by atoms with E-state index in [9.17, 15) is 9.18 Å². The number of hydrogen-bond donors (Lipinski definition) is 1. The molecule has 0 radical (unpaired) electrons. The number of aryl methyl sites for hydroxylation is 2. The first-order valence-electron chi connectivity index (χ1n) is 6.95. The van der Waals surface area contributed by atoms with Crippen LogP contribution >= 0.6 is 0 Å². The fraction of sp³-hybridized carbons (Fsp3) is 0.267. The molecule has 0 unspecified atom stereocenters. The van der Waals surface area contributed by atoms with Crippen LogP contribution in [0.4, 0.5) is 4.39 Å². The third kappa shape index (κ3) is 2.57. The van der Waals surface area contributed by atoms with E-state index < -0.39 is 11.9 Å². The molecule has 3 aromatic rings. The van der Waals surface area contributed by atoms with Crippen LogP contribution in [0.3, 0.4) is 0 Å². The molecule has 6 nitrogen and oxygen atoms in total. The van der Waals surface area contributed by atoms with Crippen molar-refractivity contribution in [3.05, 3.63) is 53.5 Å². The maximum absolute atomic E-state index is 14.2. The van der Waals surface area contributed by atoms with Crippen molar-refractivity contribution in [2.75, 3.05) is 6.54 Å². The lowest BCUT2D eigenvalue weighted by atomic mass is 10.2. The van der Waals surface area contributed by atoms with Crippen LogP contribution in [0.5, 0.6) is 0 Å². The lowest BCUT2D eigenvalue weighted by Crippen LogP contribution is -2.26. The van der Waals surface area contributed by atoms with Crippen LogP contribution in [0.25, 0.3) is 5.65 Å². The number of nitrogens with zero attached hydrogens (tertiary/aromatic N) is 4. The molecule has 0 atom stereocenters. The molecule has 3 rings (SSSR count). The summed E-state index contributed by atoms with van der Waals surface area (Å²) in [5.41, 5.74) is 2.10. The van der Waals surface area contributed by atoms with Gasteiger partial charge < -0.3 is 5.32 Å². The van der Waals surface area contributed by atoms with E-state index in [0.29, 0.717) is 18.6 Å². The minimum absolute atomic E-state index is 0.180. The van der Waals surface area contributed by atoms with Crippen LogP contribution in [-0.4, -0.2) is 31.6 Å². The van der Waals surface area contributed by atoms with E-state index in [4.69, 9.17) is 0 Å². The third-order valence-electron chi connectivity index (χ3n) is 3.46. The van der Waals surface area contributed by atoms with E-state index in [1.54, 1.807) is 23.1 Å². The Balaban J connectivity index is 1.72. The minimum Gasteiger partial charge on any atom is -0.350 e. The Morgan fingerprint density at radius 1 is 1.45 bits per heavy atom. The molecule has 0 aliphatic carbocycles. The van der Waals surface area contributed by atoms with Gasteiger partial charge in [0.2, 0.25) is 5.95 Å². The number of amides is 1. The van der Waals surface area contributed by atoms with E-state index in [1.165, 1.54) is 4.40 Å². The summed E-state index contributed by atoms with van der Waals surface area (Å²) in [6, 6.07) is 3.54. The third-order valence-corrected chi connectivity index (χ3v) is 3.46. The van der Waals surface area contributed by atoms with Crippen LogP contribution in [0, 0.1) is 12.9 Å². The van der Waals surface area contributed by atoms with Gasteiger partial charge in [-0.1, -0.05) is 6.07 Å². The van der Waals surface area contributed by atoms with Crippen LogP contribution in [0.1, 0.15) is 21.6 Å². The summed E-state index contributed by atoms with van der Waals surface area (Å²) in [5, 5.41) is 6.74. The maximum atomic E-state index is 14.2. The summed E-state index contributed by atoms with van der Waals surface area (Å²) in [7, 11) is 1.83. The van der Waals surface area contributed by atoms with Crippen LogP contribution < -0.4 is 5.32 Å². The number of carbonyl (C=O) groups is 1. The number of fused-ring (bicyclic) bond motifs is 1. The van der Waals surface area contributed by atoms with Gasteiger partial charge in [-0.05, 0) is 30.5 Å². The van der Waals surface area contributed by atoms with E-state index in [0.717, 1.165) is 11.1 Å². The molecule has 114 valence electrons. The molecule has 0 aliphatic rings. The highest BCUT2D eigenvalue weighted by molar-refractivity contribution is 5.93. The maximum Gasteiger partial charge on any atom is 0.274 e. The molecular formula is C15H16FN5O. The summed E-state index contributed by atoms with van der Waals surface area (Å²) < 4.78 is 17.2. The number of nitrogens with one attached hydrogen (secondary N) is 1. The average Bonchev–Trinajstić information content (AvgIpc) is 3.04. The normalized spacial score (nSPS) is 11.0. The lowest BCUT2D eigenvalue weighted by Gasteiger charge is -2.01. The topological polar surface area (TPSA) is 64.2 Å². The first-order chi connectivity index (χ1) is 10.6. The highest BCUT2D eigenvalue weighted by Crippen LogP contribution is 2.14. The quantitative estimate of drug-likeness (QED) is 0.794. The largest absolute Gasteiger partial charge is 0.350 e. The fourth-order valence-corrected chi connectivity index (χ4v) is 2.32. The van der Waals surface area contributed by atoms with Crippen molar-refractivity contribution in [3.63, 3.8) is 0 Å². The van der Waals surface area contributed by atoms with Gasteiger partial charge in [0.05, 0.1) is 6.20 Å². The monoisotopic (exact) mass is 301 g/mol. The molecule has 3 heterocycles. The van der Waals surface area contributed by atoms with Gasteiger partial charge in [0, 0.05) is 26.0 Å². The van der Waals surface area contributed by atoms with Crippen molar-refractivity contribution >= 4 is 11.6 Å². The molecule has 0 bridgehead atoms. The molecule has 0 aliphatic heterocycles. The van der Waals surface area contributed by atoms with Crippen molar-refractivity contribution in [2.24, 2.45) is 7.05 Å². The summed E-state index contributed by atoms with van der Waals surface area (Å²) in [6.07, 6.45) is 5.80. The van der Waals surface area contributed by atoms with Crippen molar-refractivity contribution in [2.45, 2.75) is 13.3 Å². The zero-order valence-electron chi connectivity index (χ0n) is 12.4. The number of halogens is 1. The predicted octanol–water partition coefficient (Wildman–Crippen LogP) is 1.49. The number of imidazole rings is 1. The van der Waals surface area contributed by atoms with Crippen molar-refractivity contribution in [3.8, 4) is 0 Å². The SMILES string of the molecule is Cc1cccn2c(F)c(C(=O)NCCc3cnn(C)c3)nc12. The zero-order chi connectivity index (χ0) is 15.7. The standard InChI is InChI=1S/C15H16FN5O/c1-10-4-3-7-21-13(16)12(19-14(10)21)15(22)17-6-5-11-8-18-20(2)9-11/h3-4,7-9H,5-6H2,1-2H3,(H,17,22). The van der Waals surface area contributed by atoms with Gasteiger partial charge in [-0.2, -0.15) is 9.49 Å². The Kier molecular flexibility index (Phi) is 3.62. The minimum atomic E-state index is -0.641. The van der Waals surface area contributed by atoms with Gasteiger partial charge in [-0.25, -0.2) is 4.98 Å². The number of carbonyl (C=O) groups excluding carboxylic acids is 1. The van der Waals surface area contributed by atoms with Gasteiger partial charge in [0.25, 0.3) is 5.91 Å². The van der Waals surface area contributed by atoms with Crippen molar-refractivity contribution in [1.82, 2.24) is 24.5 Å². The van der Waals surface area contributed by atoms with E-state index in [-0.39, 0.29) is 5.69 Å². The molecule has 0 spiro atoms. The van der Waals surface area contributed by atoms with Crippen LogP contribution in [-0.2, 0) is 13.5 Å². The Morgan fingerprint density at radius 2 is 2.27 bits per heavy atom. The summed E-state index contributed by atoms with van der Waals surface area (Å²) in [6.45, 7) is 2.22. The Hall–Kier alpha value is -2.70. The molecule has 22 heavy (non-hydrogen) atoms. The lowest BCUT2D eigenvalue weighted by molar-refractivity contribution is 0.0945. The number of aromatic nitrogens is 4. The van der Waals surface area contributed by atoms with Gasteiger partial charge in [0.15, 0.2) is 5.69 Å². The first kappa shape index (κ1) is 14.2. The molecule has 0 fully saturated rings. The molecule has 7 heteroatoms. The molecule has 0 saturated carbocycles. The van der Waals surface area contributed by atoms with Crippen LogP contribution in [0.15, 0.2) is 30.7 Å². The predicted molar refractivity (Wildman–Crippen MR) is 79.1 cm³/mol. The molecule has 3 aromatic heterocycles. The van der Waals surface area contributed by atoms with Crippen LogP contribution in [0.2, 0.25) is 0 Å². The zero-order valence-corrected chi connectivity index (χ0v) is 12.4. The van der Waals surface area contributed by atoms with Gasteiger partial charge in [-0.3, -0.25) is 13.9 Å². The molecule has 0 saturated heterocycles. The molecule has 0 aromatic carbocycles. The Morgan fingerprint density at radius 3 is 2.95 bits per heavy atom. The first-order valence-corrected chi connectivity index (χ1v) is 6.95. The smallest absolute Gasteiger partial charge is 0.274 e. The summed E-state index contributed by atoms with van der Waals surface area (Å²) >= 11 is 0. The van der Waals surface area contributed by atoms with Crippen molar-refractivity contribution in [1.29, 1.82) is 0 Å². The van der Waals surface area contributed by atoms with Gasteiger partial charge in [-0.15, -0.1) is 0 Å². The second-order valence-electron chi connectivity index (χ2n) is 5.16. The highest BCUT2D eigenvalue weighted by atomic mass is 19.1. The molecular weight excluding hydrogens is 285 g/mol. The average molecular weight is 301 g/mol. The van der Waals surface area contributed by atoms with Gasteiger partial charge in [0.1, 0.15) is 5.65 Å². The molecule has 1 amide bonds. The highest BCUT2D eigenvalue weighted by Gasteiger charge is 2.19. The Bertz CT molecular complexity index is 836. The van der Waals surface area contributed by atoms with E-state index in [1.807, 2.05) is 26.2 Å². The number of hydrogen-bond acceptors (Lipinski definition) is 3. The fourth-order valence-electron chi connectivity index (χ4n) is 2.32. The number of rotatable bonds is 4. The second kappa shape index (κ2) is 5.59. The Labute approximate surface area is 126 Å². The van der Waals surface area contributed by atoms with Crippen molar-refractivity contribution < 1.29 is 9.18 Å².